The Morgan fingerprint density at radius 3 is 2.58 bits per heavy atom. The van der Waals surface area contributed by atoms with Gasteiger partial charge in [0.25, 0.3) is 0 Å². The molecule has 2 aliphatic rings. The number of nitrogens with zero attached hydrogens (tertiary/aromatic N) is 2. The highest BCUT2D eigenvalue weighted by Gasteiger charge is 2.41. The van der Waals surface area contributed by atoms with Crippen LogP contribution in [0.5, 0.6) is 11.5 Å². The van der Waals surface area contributed by atoms with Gasteiger partial charge in [-0.15, -0.1) is 0 Å². The summed E-state index contributed by atoms with van der Waals surface area (Å²) < 4.78 is 13.2. The summed E-state index contributed by atoms with van der Waals surface area (Å²) in [7, 11) is 0. The van der Waals surface area contributed by atoms with E-state index in [9.17, 15) is 0 Å². The third-order valence-corrected chi connectivity index (χ3v) is 6.69. The average Bonchev–Trinajstić information content (AvgIpc) is 3.28. The Kier molecular flexibility index (Phi) is 5.98. The highest BCUT2D eigenvalue weighted by molar-refractivity contribution is 9.10. The summed E-state index contributed by atoms with van der Waals surface area (Å²) in [5.41, 5.74) is 5.73. The van der Waals surface area contributed by atoms with Crippen LogP contribution in [0, 0.1) is 0 Å². The molecule has 3 aromatic carbocycles. The predicted octanol–water partition coefficient (Wildman–Crippen LogP) is 7.38. The van der Waals surface area contributed by atoms with Gasteiger partial charge in [0.1, 0.15) is 18.1 Å². The molecule has 0 unspecified atom stereocenters. The van der Waals surface area contributed by atoms with Gasteiger partial charge in [-0.1, -0.05) is 66.7 Å². The SMILES string of the molecule is C=CCOc1ccc(C2=NN3[C@H](C2)c2cc(Br)ccc2O[C@H]3c2ccc(C(C)C)cc2)cc1. The first-order chi connectivity index (χ1) is 16.0. The van der Waals surface area contributed by atoms with Gasteiger partial charge in [0.05, 0.1) is 11.8 Å². The molecule has 0 aromatic heterocycles. The van der Waals surface area contributed by atoms with Crippen molar-refractivity contribution in [2.24, 2.45) is 5.10 Å². The first-order valence-electron chi connectivity index (χ1n) is 11.3. The van der Waals surface area contributed by atoms with Gasteiger partial charge < -0.3 is 9.47 Å². The Labute approximate surface area is 203 Å². The zero-order valence-electron chi connectivity index (χ0n) is 18.9. The Bertz CT molecular complexity index is 1190. The van der Waals surface area contributed by atoms with E-state index < -0.39 is 0 Å². The summed E-state index contributed by atoms with van der Waals surface area (Å²) in [6, 6.07) is 23.2. The molecule has 5 heteroatoms. The van der Waals surface area contributed by atoms with E-state index in [1.165, 1.54) is 5.56 Å². The van der Waals surface area contributed by atoms with Crippen molar-refractivity contribution in [3.05, 3.63) is 106 Å². The maximum absolute atomic E-state index is 6.50. The third-order valence-electron chi connectivity index (χ3n) is 6.20. The number of halogens is 1. The molecule has 0 amide bonds. The topological polar surface area (TPSA) is 34.1 Å². The minimum Gasteiger partial charge on any atom is -0.490 e. The number of benzene rings is 3. The van der Waals surface area contributed by atoms with E-state index in [0.29, 0.717) is 12.5 Å². The summed E-state index contributed by atoms with van der Waals surface area (Å²) in [6.07, 6.45) is 2.30. The maximum atomic E-state index is 6.50. The second-order valence-corrected chi connectivity index (χ2v) is 9.66. The van der Waals surface area contributed by atoms with E-state index in [1.807, 2.05) is 18.2 Å². The van der Waals surface area contributed by atoms with Gasteiger partial charge >= 0.3 is 0 Å². The zero-order valence-corrected chi connectivity index (χ0v) is 20.5. The van der Waals surface area contributed by atoms with Gasteiger partial charge in [0.15, 0.2) is 0 Å². The first-order valence-corrected chi connectivity index (χ1v) is 12.1. The standard InChI is InChI=1S/C28H27BrN2O2/c1-4-15-32-23-12-9-20(10-13-23)25-17-26-24-16-22(29)11-14-27(24)33-28(31(26)30-25)21-7-5-19(6-8-21)18(2)3/h4-14,16,18,26,28H,1,15,17H2,2-3H3/t26-,28+/m1/s1. The molecule has 0 spiro atoms. The molecule has 5 rings (SSSR count). The minimum atomic E-state index is -0.266. The number of hydrazone groups is 1. The quantitative estimate of drug-likeness (QED) is 0.329. The highest BCUT2D eigenvalue weighted by Crippen LogP contribution is 2.48. The molecule has 168 valence electrons. The van der Waals surface area contributed by atoms with Crippen molar-refractivity contribution in [3.63, 3.8) is 0 Å². The summed E-state index contributed by atoms with van der Waals surface area (Å²) in [5.74, 6) is 2.24. The summed E-state index contributed by atoms with van der Waals surface area (Å²) in [4.78, 5) is 0. The molecule has 0 N–H and O–H groups in total. The fraction of sp³-hybridized carbons (Fsp3) is 0.250. The molecule has 0 aliphatic carbocycles. The van der Waals surface area contributed by atoms with Crippen molar-refractivity contribution in [2.45, 2.75) is 38.5 Å². The second kappa shape index (κ2) is 9.06. The van der Waals surface area contributed by atoms with Crippen molar-refractivity contribution in [1.29, 1.82) is 0 Å². The normalized spacial score (nSPS) is 18.9. The Morgan fingerprint density at radius 2 is 1.88 bits per heavy atom. The number of rotatable bonds is 6. The lowest BCUT2D eigenvalue weighted by Gasteiger charge is -2.38. The Hall–Kier alpha value is -3.05. The van der Waals surface area contributed by atoms with Crippen LogP contribution >= 0.6 is 15.9 Å². The molecule has 3 aromatic rings. The van der Waals surface area contributed by atoms with Crippen molar-refractivity contribution < 1.29 is 9.47 Å². The van der Waals surface area contributed by atoms with Gasteiger partial charge in [-0.3, -0.25) is 0 Å². The lowest BCUT2D eigenvalue weighted by Crippen LogP contribution is -2.33. The lowest BCUT2D eigenvalue weighted by atomic mass is 9.95. The number of hydrogen-bond acceptors (Lipinski definition) is 4. The van der Waals surface area contributed by atoms with Gasteiger partial charge in [-0.25, -0.2) is 5.01 Å². The van der Waals surface area contributed by atoms with Crippen molar-refractivity contribution in [2.75, 3.05) is 6.61 Å². The van der Waals surface area contributed by atoms with Crippen LogP contribution < -0.4 is 9.47 Å². The van der Waals surface area contributed by atoms with E-state index >= 15 is 0 Å². The van der Waals surface area contributed by atoms with Crippen LogP contribution in [0.1, 0.15) is 60.7 Å². The van der Waals surface area contributed by atoms with E-state index in [0.717, 1.165) is 44.8 Å². The predicted molar refractivity (Wildman–Crippen MR) is 136 cm³/mol. The van der Waals surface area contributed by atoms with Gasteiger partial charge in [0.2, 0.25) is 6.23 Å². The molecule has 33 heavy (non-hydrogen) atoms. The smallest absolute Gasteiger partial charge is 0.213 e. The van der Waals surface area contributed by atoms with E-state index in [-0.39, 0.29) is 12.3 Å². The van der Waals surface area contributed by atoms with Crippen LogP contribution in [0.25, 0.3) is 0 Å². The van der Waals surface area contributed by atoms with Crippen LogP contribution in [0.3, 0.4) is 0 Å². The van der Waals surface area contributed by atoms with E-state index in [4.69, 9.17) is 14.6 Å². The molecule has 0 saturated heterocycles. The molecule has 2 atom stereocenters. The molecular weight excluding hydrogens is 476 g/mol. The highest BCUT2D eigenvalue weighted by atomic mass is 79.9. The van der Waals surface area contributed by atoms with Gasteiger partial charge in [0, 0.05) is 22.0 Å². The second-order valence-electron chi connectivity index (χ2n) is 8.74. The summed E-state index contributed by atoms with van der Waals surface area (Å²) in [5, 5.41) is 7.19. The molecule has 0 fully saturated rings. The molecule has 4 nitrogen and oxygen atoms in total. The van der Waals surface area contributed by atoms with Crippen LogP contribution in [0.15, 0.2) is 89.0 Å². The Balaban J connectivity index is 1.50. The molecule has 0 radical (unpaired) electrons. The summed E-state index contributed by atoms with van der Waals surface area (Å²) in [6.45, 7) is 8.62. The third kappa shape index (κ3) is 4.30. The number of hydrogen-bond donors (Lipinski definition) is 0. The van der Waals surface area contributed by atoms with Crippen LogP contribution in [-0.4, -0.2) is 17.3 Å². The van der Waals surface area contributed by atoms with E-state index in [2.05, 4.69) is 89.9 Å². The molecule has 2 heterocycles. The van der Waals surface area contributed by atoms with Crippen LogP contribution in [0.4, 0.5) is 0 Å². The van der Waals surface area contributed by atoms with Crippen molar-refractivity contribution >= 4 is 21.6 Å². The molecule has 0 bridgehead atoms. The minimum absolute atomic E-state index is 0.118. The largest absolute Gasteiger partial charge is 0.490 e. The molecule has 0 saturated carbocycles. The first kappa shape index (κ1) is 21.8. The molecular formula is C28H27BrN2O2. The monoisotopic (exact) mass is 502 g/mol. The van der Waals surface area contributed by atoms with Crippen LogP contribution in [-0.2, 0) is 0 Å². The van der Waals surface area contributed by atoms with E-state index in [1.54, 1.807) is 6.08 Å². The van der Waals surface area contributed by atoms with Gasteiger partial charge in [-0.05, 0) is 59.5 Å². The van der Waals surface area contributed by atoms with Crippen molar-refractivity contribution in [3.8, 4) is 11.5 Å². The van der Waals surface area contributed by atoms with Crippen LogP contribution in [0.2, 0.25) is 0 Å². The number of fused-ring (bicyclic) bond motifs is 3. The summed E-state index contributed by atoms with van der Waals surface area (Å²) >= 11 is 3.63. The zero-order chi connectivity index (χ0) is 22.9. The average molecular weight is 503 g/mol. The Morgan fingerprint density at radius 1 is 1.12 bits per heavy atom. The van der Waals surface area contributed by atoms with Gasteiger partial charge in [-0.2, -0.15) is 5.10 Å². The lowest BCUT2D eigenvalue weighted by molar-refractivity contribution is -0.0190. The number of ether oxygens (including phenoxy) is 2. The molecule has 2 aliphatic heterocycles. The fourth-order valence-corrected chi connectivity index (χ4v) is 4.78. The maximum Gasteiger partial charge on any atom is 0.213 e. The fourth-order valence-electron chi connectivity index (χ4n) is 4.40. The van der Waals surface area contributed by atoms with Crippen molar-refractivity contribution in [1.82, 2.24) is 5.01 Å².